The summed E-state index contributed by atoms with van der Waals surface area (Å²) in [6.45, 7) is 0. The molecule has 82 valence electrons. The van der Waals surface area contributed by atoms with Crippen LogP contribution in [0.2, 0.25) is 0 Å². The first kappa shape index (κ1) is 10.9. The number of halogens is 2. The molecule has 2 nitrogen and oxygen atoms in total. The lowest BCUT2D eigenvalue weighted by Gasteiger charge is -2.21. The Balaban J connectivity index is 2.32. The van der Waals surface area contributed by atoms with Crippen LogP contribution in [0.1, 0.15) is 17.5 Å². The minimum Gasteiger partial charge on any atom is -0.212 e. The number of aryl methyl sites for hydroxylation is 1. The maximum atomic E-state index is 12.9. The molecular formula is C10H10ClFO2S. The Hall–Kier alpha value is -0.610. The highest BCUT2D eigenvalue weighted by molar-refractivity contribution is 8.14. The van der Waals surface area contributed by atoms with Crippen molar-refractivity contribution in [3.63, 3.8) is 0 Å². The minimum atomic E-state index is -3.50. The molecule has 0 saturated carbocycles. The van der Waals surface area contributed by atoms with Crippen molar-refractivity contribution in [3.8, 4) is 0 Å². The molecule has 0 aliphatic heterocycles. The first-order chi connectivity index (χ1) is 6.97. The Kier molecular flexibility index (Phi) is 2.73. The zero-order valence-electron chi connectivity index (χ0n) is 7.91. The Morgan fingerprint density at radius 1 is 1.33 bits per heavy atom. The molecule has 1 aromatic rings. The molecule has 0 heterocycles. The predicted octanol–water partition coefficient (Wildman–Crippen LogP) is 2.25. The fourth-order valence-electron chi connectivity index (χ4n) is 1.93. The molecule has 1 atom stereocenters. The van der Waals surface area contributed by atoms with Gasteiger partial charge in [-0.2, -0.15) is 0 Å². The van der Waals surface area contributed by atoms with Crippen LogP contribution in [0.5, 0.6) is 0 Å². The largest absolute Gasteiger partial charge is 0.235 e. The van der Waals surface area contributed by atoms with Crippen LogP contribution in [-0.4, -0.2) is 13.7 Å². The van der Waals surface area contributed by atoms with Crippen LogP contribution in [0.25, 0.3) is 0 Å². The normalized spacial score (nSPS) is 21.1. The molecule has 2 rings (SSSR count). The number of hydrogen-bond donors (Lipinski definition) is 0. The highest BCUT2D eigenvalue weighted by Gasteiger charge is 2.28. The summed E-state index contributed by atoms with van der Waals surface area (Å²) in [5, 5.41) is -0.530. The summed E-state index contributed by atoms with van der Waals surface area (Å²) in [5.41, 5.74) is 1.78. The van der Waals surface area contributed by atoms with Crippen LogP contribution in [0, 0.1) is 5.82 Å². The molecule has 5 heteroatoms. The van der Waals surface area contributed by atoms with Crippen molar-refractivity contribution in [2.45, 2.75) is 24.5 Å². The van der Waals surface area contributed by atoms with Crippen molar-refractivity contribution >= 4 is 19.7 Å². The van der Waals surface area contributed by atoms with E-state index in [2.05, 4.69) is 0 Å². The molecule has 0 saturated heterocycles. The van der Waals surface area contributed by atoms with Gasteiger partial charge in [0.1, 0.15) is 5.82 Å². The van der Waals surface area contributed by atoms with E-state index in [1.165, 1.54) is 12.1 Å². The molecule has 0 fully saturated rings. The SMILES string of the molecule is O=S(=O)(Cl)[C@H]1CCc2cc(F)ccc2C1. The van der Waals surface area contributed by atoms with Crippen LogP contribution in [-0.2, 0) is 21.9 Å². The van der Waals surface area contributed by atoms with Gasteiger partial charge >= 0.3 is 0 Å². The van der Waals surface area contributed by atoms with Gasteiger partial charge in [0.2, 0.25) is 9.05 Å². The highest BCUT2D eigenvalue weighted by atomic mass is 35.7. The molecule has 0 aromatic heterocycles. The van der Waals surface area contributed by atoms with E-state index in [0.717, 1.165) is 11.1 Å². The van der Waals surface area contributed by atoms with E-state index in [9.17, 15) is 12.8 Å². The fourth-order valence-corrected chi connectivity index (χ4v) is 3.16. The monoisotopic (exact) mass is 248 g/mol. The Morgan fingerprint density at radius 2 is 2.07 bits per heavy atom. The number of hydrogen-bond acceptors (Lipinski definition) is 2. The minimum absolute atomic E-state index is 0.277. The first-order valence-corrected chi connectivity index (χ1v) is 7.05. The second-order valence-electron chi connectivity index (χ2n) is 3.75. The van der Waals surface area contributed by atoms with Crippen molar-refractivity contribution in [3.05, 3.63) is 35.1 Å². The van der Waals surface area contributed by atoms with E-state index in [4.69, 9.17) is 10.7 Å². The van der Waals surface area contributed by atoms with Crippen LogP contribution >= 0.6 is 10.7 Å². The second-order valence-corrected chi connectivity index (χ2v) is 6.66. The highest BCUT2D eigenvalue weighted by Crippen LogP contribution is 2.27. The zero-order chi connectivity index (χ0) is 11.1. The van der Waals surface area contributed by atoms with Gasteiger partial charge in [-0.25, -0.2) is 12.8 Å². The molecule has 0 unspecified atom stereocenters. The number of rotatable bonds is 1. The summed E-state index contributed by atoms with van der Waals surface area (Å²) in [4.78, 5) is 0. The van der Waals surface area contributed by atoms with E-state index in [1.54, 1.807) is 6.07 Å². The lowest BCUT2D eigenvalue weighted by molar-refractivity contribution is 0.572. The average Bonchev–Trinajstić information content (AvgIpc) is 2.15. The van der Waals surface area contributed by atoms with E-state index < -0.39 is 14.3 Å². The molecule has 15 heavy (non-hydrogen) atoms. The molecule has 0 radical (unpaired) electrons. The maximum absolute atomic E-state index is 12.9. The van der Waals surface area contributed by atoms with Crippen LogP contribution in [0.15, 0.2) is 18.2 Å². The van der Waals surface area contributed by atoms with Gasteiger partial charge in [0.25, 0.3) is 0 Å². The molecule has 0 spiro atoms. The topological polar surface area (TPSA) is 34.1 Å². The summed E-state index contributed by atoms with van der Waals surface area (Å²) < 4.78 is 35.2. The van der Waals surface area contributed by atoms with E-state index in [-0.39, 0.29) is 5.82 Å². The molecule has 1 aliphatic rings. The third kappa shape index (κ3) is 2.32. The van der Waals surface area contributed by atoms with Gasteiger partial charge in [0.15, 0.2) is 0 Å². The van der Waals surface area contributed by atoms with Crippen molar-refractivity contribution < 1.29 is 12.8 Å². The molecule has 0 bridgehead atoms. The van der Waals surface area contributed by atoms with Gasteiger partial charge in [0, 0.05) is 10.7 Å². The standard InChI is InChI=1S/C10H10ClFO2S/c11-15(13,14)10-4-2-7-5-9(12)3-1-8(7)6-10/h1,3,5,10H,2,4,6H2/t10-/m0/s1. The molecule has 0 amide bonds. The lowest BCUT2D eigenvalue weighted by atomic mass is 9.91. The average molecular weight is 249 g/mol. The first-order valence-electron chi connectivity index (χ1n) is 4.67. The van der Waals surface area contributed by atoms with E-state index in [1.807, 2.05) is 0 Å². The number of benzene rings is 1. The van der Waals surface area contributed by atoms with Crippen molar-refractivity contribution in [2.75, 3.05) is 0 Å². The van der Waals surface area contributed by atoms with Crippen molar-refractivity contribution in [1.29, 1.82) is 0 Å². The van der Waals surface area contributed by atoms with E-state index in [0.29, 0.717) is 19.3 Å². The summed E-state index contributed by atoms with van der Waals surface area (Å²) >= 11 is 0. The summed E-state index contributed by atoms with van der Waals surface area (Å²) in [6.07, 6.45) is 1.44. The fraction of sp³-hybridized carbons (Fsp3) is 0.400. The van der Waals surface area contributed by atoms with E-state index >= 15 is 0 Å². The summed E-state index contributed by atoms with van der Waals surface area (Å²) in [7, 11) is 1.81. The van der Waals surface area contributed by atoms with Gasteiger partial charge < -0.3 is 0 Å². The lowest BCUT2D eigenvalue weighted by Crippen LogP contribution is -2.25. The maximum Gasteiger partial charge on any atom is 0.235 e. The van der Waals surface area contributed by atoms with Gasteiger partial charge in [-0.15, -0.1) is 0 Å². The second kappa shape index (κ2) is 3.76. The summed E-state index contributed by atoms with van der Waals surface area (Å²) in [6, 6.07) is 4.45. The van der Waals surface area contributed by atoms with Gasteiger partial charge in [-0.1, -0.05) is 6.07 Å². The molecule has 1 aromatic carbocycles. The van der Waals surface area contributed by atoms with Gasteiger partial charge in [-0.05, 0) is 42.5 Å². The third-order valence-corrected chi connectivity index (χ3v) is 4.70. The number of fused-ring (bicyclic) bond motifs is 1. The zero-order valence-corrected chi connectivity index (χ0v) is 9.48. The molecule has 0 N–H and O–H groups in total. The Bertz CT molecular complexity index is 484. The quantitative estimate of drug-likeness (QED) is 0.715. The predicted molar refractivity (Wildman–Crippen MR) is 57.0 cm³/mol. The van der Waals surface area contributed by atoms with Crippen LogP contribution in [0.4, 0.5) is 4.39 Å². The van der Waals surface area contributed by atoms with Crippen molar-refractivity contribution in [1.82, 2.24) is 0 Å². The Labute approximate surface area is 92.5 Å². The van der Waals surface area contributed by atoms with Gasteiger partial charge in [0.05, 0.1) is 5.25 Å². The summed E-state index contributed by atoms with van der Waals surface area (Å²) in [5.74, 6) is -0.277. The molecule has 1 aliphatic carbocycles. The van der Waals surface area contributed by atoms with Crippen LogP contribution in [0.3, 0.4) is 0 Å². The van der Waals surface area contributed by atoms with Crippen molar-refractivity contribution in [2.24, 2.45) is 0 Å². The smallest absolute Gasteiger partial charge is 0.212 e. The van der Waals surface area contributed by atoms with Gasteiger partial charge in [-0.3, -0.25) is 0 Å². The Morgan fingerprint density at radius 3 is 2.73 bits per heavy atom. The van der Waals surface area contributed by atoms with Crippen LogP contribution < -0.4 is 0 Å². The third-order valence-electron chi connectivity index (χ3n) is 2.75. The molecular weight excluding hydrogens is 239 g/mol.